The first kappa shape index (κ1) is 6.92. The van der Waals surface area contributed by atoms with Crippen LogP contribution in [-0.2, 0) is 0 Å². The van der Waals surface area contributed by atoms with E-state index in [2.05, 4.69) is 20.9 Å². The second kappa shape index (κ2) is 2.11. The first-order valence-electron chi connectivity index (χ1n) is 3.33. The number of nitrogens with one attached hydrogen (secondary N) is 3. The lowest BCUT2D eigenvalue weighted by atomic mass is 10.5. The lowest BCUT2D eigenvalue weighted by Crippen LogP contribution is -2.32. The molecule has 1 aliphatic heterocycles. The summed E-state index contributed by atoms with van der Waals surface area (Å²) in [6.07, 6.45) is 0. The van der Waals surface area contributed by atoms with E-state index in [1.54, 1.807) is 12.1 Å². The van der Waals surface area contributed by atoms with Gasteiger partial charge in [-0.1, -0.05) is 0 Å². The average molecular weight is 168 g/mol. The number of H-pyrrole nitrogens is 1. The van der Waals surface area contributed by atoms with Crippen molar-refractivity contribution in [2.45, 2.75) is 0 Å². The Kier molecular flexibility index (Phi) is 1.22. The smallest absolute Gasteiger partial charge is 0.279 e. The Balaban J connectivity index is 2.68. The van der Waals surface area contributed by atoms with E-state index in [0.717, 1.165) is 0 Å². The van der Waals surface area contributed by atoms with Gasteiger partial charge in [-0.05, 0) is 0 Å². The summed E-state index contributed by atoms with van der Waals surface area (Å²) in [7, 11) is 1.73. The second-order valence-electron chi connectivity index (χ2n) is 2.45. The van der Waals surface area contributed by atoms with Crippen LogP contribution >= 0.6 is 0 Å². The summed E-state index contributed by atoms with van der Waals surface area (Å²) in [5.74, 6) is 0.604. The van der Waals surface area contributed by atoms with Crippen LogP contribution in [-0.4, -0.2) is 17.0 Å². The summed E-state index contributed by atoms with van der Waals surface area (Å²) < 4.78 is 0. The van der Waals surface area contributed by atoms with Gasteiger partial charge in [-0.15, -0.1) is 5.53 Å². The third kappa shape index (κ3) is 0.800. The van der Waals surface area contributed by atoms with E-state index in [0.29, 0.717) is 11.5 Å². The number of aromatic nitrogens is 2. The number of hydrogen-bond donors (Lipinski definition) is 4. The molecule has 1 aromatic rings. The lowest BCUT2D eigenvalue weighted by molar-refractivity contribution is 0.810. The number of nitrogen functional groups attached to an aromatic ring is 1. The number of hydrogen-bond acceptors (Lipinski definition) is 6. The van der Waals surface area contributed by atoms with Gasteiger partial charge in [0.25, 0.3) is 5.56 Å². The molecule has 0 unspecified atom stereocenters. The molecule has 0 spiro atoms. The molecule has 7 nitrogen and oxygen atoms in total. The maximum Gasteiger partial charge on any atom is 0.279 e. The molecule has 2 heterocycles. The predicted octanol–water partition coefficient (Wildman–Crippen LogP) is -1.37. The Morgan fingerprint density at radius 1 is 1.58 bits per heavy atom. The molecular weight excluding hydrogens is 160 g/mol. The highest BCUT2D eigenvalue weighted by atomic mass is 16.1. The Morgan fingerprint density at radius 3 is 3.08 bits per heavy atom. The number of aromatic amines is 1. The first-order valence-corrected chi connectivity index (χ1v) is 3.33. The highest BCUT2D eigenvalue weighted by Gasteiger charge is 2.19. The fourth-order valence-electron chi connectivity index (χ4n) is 1.03. The van der Waals surface area contributed by atoms with Crippen molar-refractivity contribution in [3.05, 3.63) is 10.4 Å². The molecule has 2 rings (SSSR count). The molecule has 1 aromatic heterocycles. The molecule has 0 aromatic carbocycles. The molecular formula is C5H8N6O. The summed E-state index contributed by atoms with van der Waals surface area (Å²) in [5.41, 5.74) is 10.8. The quantitative estimate of drug-likeness (QED) is 0.381. The lowest BCUT2D eigenvalue weighted by Gasteiger charge is -2.07. The van der Waals surface area contributed by atoms with Gasteiger partial charge in [0.2, 0.25) is 5.95 Å². The Bertz CT molecular complexity index is 371. The van der Waals surface area contributed by atoms with Crippen LogP contribution in [0.25, 0.3) is 0 Å². The van der Waals surface area contributed by atoms with Crippen molar-refractivity contribution in [2.75, 3.05) is 23.2 Å². The van der Waals surface area contributed by atoms with Gasteiger partial charge in [0, 0.05) is 7.05 Å². The summed E-state index contributed by atoms with van der Waals surface area (Å²) in [5, 5.41) is 1.57. The highest BCUT2D eigenvalue weighted by Crippen LogP contribution is 2.20. The number of nitrogens with two attached hydrogens (primary N) is 1. The Labute approximate surface area is 67.5 Å². The van der Waals surface area contributed by atoms with E-state index < -0.39 is 0 Å². The molecule has 5 N–H and O–H groups in total. The molecule has 0 saturated carbocycles. The van der Waals surface area contributed by atoms with E-state index in [1.165, 1.54) is 0 Å². The minimum atomic E-state index is -0.283. The zero-order valence-electron chi connectivity index (χ0n) is 6.38. The van der Waals surface area contributed by atoms with E-state index in [1.807, 2.05) is 0 Å². The summed E-state index contributed by atoms with van der Waals surface area (Å²) in [6, 6.07) is 0. The summed E-state index contributed by atoms with van der Waals surface area (Å²) >= 11 is 0. The molecule has 0 atom stereocenters. The van der Waals surface area contributed by atoms with Gasteiger partial charge >= 0.3 is 0 Å². The van der Waals surface area contributed by atoms with E-state index in [-0.39, 0.29) is 11.5 Å². The number of rotatable bonds is 0. The number of nitrogens with zero attached hydrogens (tertiary/aromatic N) is 2. The van der Waals surface area contributed by atoms with Crippen molar-refractivity contribution < 1.29 is 0 Å². The maximum atomic E-state index is 11.2. The van der Waals surface area contributed by atoms with Crippen LogP contribution in [0.2, 0.25) is 0 Å². The van der Waals surface area contributed by atoms with Crippen LogP contribution in [0.5, 0.6) is 0 Å². The Morgan fingerprint density at radius 2 is 2.33 bits per heavy atom. The minimum Gasteiger partial charge on any atom is -0.369 e. The van der Waals surface area contributed by atoms with E-state index >= 15 is 0 Å². The van der Waals surface area contributed by atoms with Gasteiger partial charge in [-0.2, -0.15) is 4.98 Å². The first-order chi connectivity index (χ1) is 5.68. The highest BCUT2D eigenvalue weighted by molar-refractivity contribution is 5.68. The molecule has 12 heavy (non-hydrogen) atoms. The van der Waals surface area contributed by atoms with Crippen LogP contribution in [0, 0.1) is 0 Å². The van der Waals surface area contributed by atoms with E-state index in [4.69, 9.17) is 5.73 Å². The third-order valence-corrected chi connectivity index (χ3v) is 1.58. The molecule has 1 aliphatic rings. The van der Waals surface area contributed by atoms with Crippen molar-refractivity contribution in [2.24, 2.45) is 0 Å². The normalized spacial score (nSPS) is 14.2. The fourth-order valence-corrected chi connectivity index (χ4v) is 1.03. The van der Waals surface area contributed by atoms with Crippen molar-refractivity contribution in [3.63, 3.8) is 0 Å². The number of hydrazine groups is 2. The molecule has 0 fully saturated rings. The zero-order chi connectivity index (χ0) is 8.72. The molecule has 0 amide bonds. The van der Waals surface area contributed by atoms with Crippen LogP contribution < -0.4 is 27.3 Å². The van der Waals surface area contributed by atoms with Crippen molar-refractivity contribution >= 4 is 17.5 Å². The summed E-state index contributed by atoms with van der Waals surface area (Å²) in [6.45, 7) is 0. The van der Waals surface area contributed by atoms with Gasteiger partial charge in [0.05, 0.1) is 0 Å². The number of fused-ring (bicyclic) bond motifs is 1. The summed E-state index contributed by atoms with van der Waals surface area (Å²) in [4.78, 5) is 17.5. The monoisotopic (exact) mass is 168 g/mol. The standard InChI is InChI=1S/C5H8N6O/c1-11-3-2(9-10-11)4(12)8-5(6)7-3/h9-10H,1H3,(H3,6,7,8,12). The van der Waals surface area contributed by atoms with Gasteiger partial charge in [-0.3, -0.25) is 20.2 Å². The minimum absolute atomic E-state index is 0.108. The van der Waals surface area contributed by atoms with Crippen LogP contribution in [0.3, 0.4) is 0 Å². The second-order valence-corrected chi connectivity index (χ2v) is 2.45. The maximum absolute atomic E-state index is 11.2. The van der Waals surface area contributed by atoms with Gasteiger partial charge in [0.15, 0.2) is 11.5 Å². The molecule has 7 heteroatoms. The molecule has 0 radical (unpaired) electrons. The van der Waals surface area contributed by atoms with Crippen LogP contribution in [0.1, 0.15) is 0 Å². The molecule has 0 aliphatic carbocycles. The average Bonchev–Trinajstić information content (AvgIpc) is 2.33. The van der Waals surface area contributed by atoms with Crippen molar-refractivity contribution in [3.8, 4) is 0 Å². The van der Waals surface area contributed by atoms with Gasteiger partial charge in [-0.25, -0.2) is 0 Å². The molecule has 0 saturated heterocycles. The van der Waals surface area contributed by atoms with E-state index in [9.17, 15) is 4.79 Å². The third-order valence-electron chi connectivity index (χ3n) is 1.58. The van der Waals surface area contributed by atoms with Crippen molar-refractivity contribution in [1.82, 2.24) is 15.5 Å². The van der Waals surface area contributed by atoms with Crippen molar-refractivity contribution in [1.29, 1.82) is 0 Å². The van der Waals surface area contributed by atoms with Gasteiger partial charge in [0.1, 0.15) is 0 Å². The molecule has 0 bridgehead atoms. The zero-order valence-corrected chi connectivity index (χ0v) is 6.38. The molecule has 64 valence electrons. The fraction of sp³-hybridized carbons (Fsp3) is 0.200. The number of anilines is 3. The topological polar surface area (TPSA) is 99.1 Å². The van der Waals surface area contributed by atoms with Gasteiger partial charge < -0.3 is 5.73 Å². The van der Waals surface area contributed by atoms with Crippen LogP contribution in [0.4, 0.5) is 17.5 Å². The predicted molar refractivity (Wildman–Crippen MR) is 44.4 cm³/mol. The van der Waals surface area contributed by atoms with Crippen LogP contribution in [0.15, 0.2) is 4.79 Å². The Hall–Kier alpha value is -1.76. The SMILES string of the molecule is CN1NNc2c1nc(N)[nH]c2=O. The largest absolute Gasteiger partial charge is 0.369 e.